The smallest absolute Gasteiger partial charge is 0.0714 e. The molecule has 0 aliphatic rings. The second-order valence-corrected chi connectivity index (χ2v) is 10.8. The fourth-order valence-electron chi connectivity index (χ4n) is 5.73. The van der Waals surface area contributed by atoms with Crippen LogP contribution in [0.1, 0.15) is 16.7 Å². The molecule has 0 bridgehead atoms. The van der Waals surface area contributed by atoms with Crippen molar-refractivity contribution >= 4 is 21.7 Å². The van der Waals surface area contributed by atoms with Gasteiger partial charge in [-0.1, -0.05) is 42.5 Å². The van der Waals surface area contributed by atoms with Gasteiger partial charge in [-0.3, -0.25) is 15.0 Å². The first-order chi connectivity index (χ1) is 20.0. The summed E-state index contributed by atoms with van der Waals surface area (Å²) in [5, 5.41) is 3.58. The average molecular weight is 528 g/mol. The minimum Gasteiger partial charge on any atom is -0.256 e. The summed E-state index contributed by atoms with van der Waals surface area (Å²) in [5.41, 5.74) is 13.4. The van der Waals surface area contributed by atoms with E-state index in [2.05, 4.69) is 111 Å². The SMILES string of the molecule is Cc1ccnc(-c2cc(-c3cc(-c4cc(C)ccn4)ccc3C)cc(-c3cc4ncccc4c4ccccc34)c2)c1. The van der Waals surface area contributed by atoms with Crippen molar-refractivity contribution in [2.45, 2.75) is 20.8 Å². The Bertz CT molecular complexity index is 2090. The minimum absolute atomic E-state index is 0.963. The van der Waals surface area contributed by atoms with Gasteiger partial charge in [0.25, 0.3) is 0 Å². The third-order valence-corrected chi connectivity index (χ3v) is 7.84. The molecule has 4 aromatic carbocycles. The number of pyridine rings is 3. The van der Waals surface area contributed by atoms with Crippen LogP contribution in [-0.4, -0.2) is 15.0 Å². The van der Waals surface area contributed by atoms with E-state index >= 15 is 0 Å². The molecule has 0 aliphatic heterocycles. The molecule has 0 saturated carbocycles. The zero-order valence-electron chi connectivity index (χ0n) is 23.4. The van der Waals surface area contributed by atoms with Crippen LogP contribution in [0, 0.1) is 20.8 Å². The lowest BCUT2D eigenvalue weighted by Gasteiger charge is -2.16. The van der Waals surface area contributed by atoms with Crippen LogP contribution in [0.4, 0.5) is 0 Å². The normalized spacial score (nSPS) is 11.3. The van der Waals surface area contributed by atoms with Gasteiger partial charge in [0, 0.05) is 35.1 Å². The molecule has 196 valence electrons. The van der Waals surface area contributed by atoms with Crippen molar-refractivity contribution in [3.8, 4) is 44.8 Å². The largest absolute Gasteiger partial charge is 0.256 e. The van der Waals surface area contributed by atoms with Crippen LogP contribution in [0.5, 0.6) is 0 Å². The van der Waals surface area contributed by atoms with Gasteiger partial charge in [0.2, 0.25) is 0 Å². The third kappa shape index (κ3) is 4.66. The number of aryl methyl sites for hydroxylation is 3. The number of hydrogen-bond acceptors (Lipinski definition) is 3. The third-order valence-electron chi connectivity index (χ3n) is 7.84. The molecule has 0 spiro atoms. The molecule has 3 aromatic heterocycles. The van der Waals surface area contributed by atoms with Gasteiger partial charge in [0.15, 0.2) is 0 Å². The lowest BCUT2D eigenvalue weighted by molar-refractivity contribution is 1.28. The average Bonchev–Trinajstić information content (AvgIpc) is 3.00. The number of rotatable bonds is 4. The van der Waals surface area contributed by atoms with Crippen molar-refractivity contribution in [1.29, 1.82) is 0 Å². The van der Waals surface area contributed by atoms with Gasteiger partial charge in [0.1, 0.15) is 0 Å². The van der Waals surface area contributed by atoms with Crippen LogP contribution in [0.25, 0.3) is 66.4 Å². The molecule has 0 atom stereocenters. The number of benzene rings is 4. The zero-order valence-corrected chi connectivity index (χ0v) is 23.4. The van der Waals surface area contributed by atoms with E-state index in [1.165, 1.54) is 33.0 Å². The zero-order chi connectivity index (χ0) is 27.9. The van der Waals surface area contributed by atoms with E-state index in [9.17, 15) is 0 Å². The van der Waals surface area contributed by atoms with Gasteiger partial charge in [-0.2, -0.15) is 0 Å². The fraction of sp³-hybridized carbons (Fsp3) is 0.0789. The Kier molecular flexibility index (Phi) is 6.13. The van der Waals surface area contributed by atoms with Crippen molar-refractivity contribution < 1.29 is 0 Å². The van der Waals surface area contributed by atoms with E-state index in [1.807, 2.05) is 36.8 Å². The molecule has 3 heteroatoms. The van der Waals surface area contributed by atoms with Crippen molar-refractivity contribution in [3.05, 3.63) is 138 Å². The molecular weight excluding hydrogens is 498 g/mol. The van der Waals surface area contributed by atoms with Gasteiger partial charge in [-0.25, -0.2) is 0 Å². The maximum absolute atomic E-state index is 4.77. The lowest BCUT2D eigenvalue weighted by Crippen LogP contribution is -1.93. The molecule has 0 aliphatic carbocycles. The van der Waals surface area contributed by atoms with Crippen molar-refractivity contribution in [1.82, 2.24) is 15.0 Å². The van der Waals surface area contributed by atoms with Crippen molar-refractivity contribution in [2.24, 2.45) is 0 Å². The van der Waals surface area contributed by atoms with E-state index < -0.39 is 0 Å². The Balaban J connectivity index is 1.50. The Morgan fingerprint density at radius 3 is 1.78 bits per heavy atom. The van der Waals surface area contributed by atoms with Crippen LogP contribution in [-0.2, 0) is 0 Å². The Labute approximate surface area is 240 Å². The van der Waals surface area contributed by atoms with Gasteiger partial charge >= 0.3 is 0 Å². The first-order valence-electron chi connectivity index (χ1n) is 13.9. The van der Waals surface area contributed by atoms with Crippen LogP contribution < -0.4 is 0 Å². The van der Waals surface area contributed by atoms with E-state index in [0.717, 1.165) is 50.1 Å². The van der Waals surface area contributed by atoms with Gasteiger partial charge in [-0.05, 0) is 131 Å². The maximum Gasteiger partial charge on any atom is 0.0714 e. The van der Waals surface area contributed by atoms with Crippen LogP contribution >= 0.6 is 0 Å². The summed E-state index contributed by atoms with van der Waals surface area (Å²) in [7, 11) is 0. The summed E-state index contributed by atoms with van der Waals surface area (Å²) in [5.74, 6) is 0. The van der Waals surface area contributed by atoms with Gasteiger partial charge in [-0.15, -0.1) is 0 Å². The number of fused-ring (bicyclic) bond motifs is 3. The Morgan fingerprint density at radius 2 is 1.05 bits per heavy atom. The number of nitrogens with zero attached hydrogens (tertiary/aromatic N) is 3. The summed E-state index contributed by atoms with van der Waals surface area (Å²) in [6, 6.07) is 36.9. The molecule has 0 amide bonds. The predicted octanol–water partition coefficient (Wildman–Crippen LogP) is 9.77. The van der Waals surface area contributed by atoms with Gasteiger partial charge < -0.3 is 0 Å². The molecule has 0 saturated heterocycles. The summed E-state index contributed by atoms with van der Waals surface area (Å²) in [6.45, 7) is 6.39. The van der Waals surface area contributed by atoms with Gasteiger partial charge in [0.05, 0.1) is 16.9 Å². The van der Waals surface area contributed by atoms with E-state index in [1.54, 1.807) is 0 Å². The molecule has 0 N–H and O–H groups in total. The monoisotopic (exact) mass is 527 g/mol. The van der Waals surface area contributed by atoms with E-state index in [-0.39, 0.29) is 0 Å². The summed E-state index contributed by atoms with van der Waals surface area (Å²) >= 11 is 0. The highest BCUT2D eigenvalue weighted by atomic mass is 14.7. The van der Waals surface area contributed by atoms with E-state index in [4.69, 9.17) is 9.97 Å². The molecule has 41 heavy (non-hydrogen) atoms. The maximum atomic E-state index is 4.77. The lowest BCUT2D eigenvalue weighted by atomic mass is 9.89. The summed E-state index contributed by atoms with van der Waals surface area (Å²) < 4.78 is 0. The van der Waals surface area contributed by atoms with Crippen molar-refractivity contribution in [3.63, 3.8) is 0 Å². The topological polar surface area (TPSA) is 38.7 Å². The first kappa shape index (κ1) is 24.9. The molecule has 3 nitrogen and oxygen atoms in total. The highest BCUT2D eigenvalue weighted by Gasteiger charge is 2.15. The molecule has 0 radical (unpaired) electrons. The quantitative estimate of drug-likeness (QED) is 0.214. The molecular formula is C38H29N3. The predicted molar refractivity (Wildman–Crippen MR) is 171 cm³/mol. The Morgan fingerprint density at radius 1 is 0.415 bits per heavy atom. The van der Waals surface area contributed by atoms with Crippen LogP contribution in [0.15, 0.2) is 122 Å². The Hall–Kier alpha value is -5.15. The minimum atomic E-state index is 0.963. The number of aromatic nitrogens is 3. The highest BCUT2D eigenvalue weighted by molar-refractivity contribution is 6.13. The summed E-state index contributed by atoms with van der Waals surface area (Å²) in [4.78, 5) is 14.2. The highest BCUT2D eigenvalue weighted by Crippen LogP contribution is 2.39. The fourth-order valence-corrected chi connectivity index (χ4v) is 5.73. The molecule has 3 heterocycles. The molecule has 7 rings (SSSR count). The summed E-state index contributed by atoms with van der Waals surface area (Å²) in [6.07, 6.45) is 5.64. The molecule has 0 fully saturated rings. The van der Waals surface area contributed by atoms with Crippen LogP contribution in [0.2, 0.25) is 0 Å². The standard InChI is InChI=1S/C38H29N3/c1-24-12-15-40-36(17-24)27-11-10-26(3)34(22-27)28-19-29(21-30(20-28)37-18-25(2)13-16-41-37)35-23-38-33(9-6-14-39-38)31-7-4-5-8-32(31)35/h4-23H,1-3H3. The van der Waals surface area contributed by atoms with Crippen LogP contribution in [0.3, 0.4) is 0 Å². The second kappa shape index (κ2) is 10.1. The van der Waals surface area contributed by atoms with Crippen molar-refractivity contribution in [2.75, 3.05) is 0 Å². The second-order valence-electron chi connectivity index (χ2n) is 10.8. The van der Waals surface area contributed by atoms with E-state index in [0.29, 0.717) is 0 Å². The molecule has 0 unspecified atom stereocenters. The number of hydrogen-bond donors (Lipinski definition) is 0. The molecule has 7 aromatic rings. The first-order valence-corrected chi connectivity index (χ1v) is 13.9.